The molecule has 0 radical (unpaired) electrons. The highest BCUT2D eigenvalue weighted by Gasteiger charge is 2.24. The van der Waals surface area contributed by atoms with Gasteiger partial charge in [-0.2, -0.15) is 0 Å². The molecule has 1 atom stereocenters. The minimum Gasteiger partial charge on any atom is -0.316 e. The third-order valence-corrected chi connectivity index (χ3v) is 5.45. The van der Waals surface area contributed by atoms with E-state index in [1.807, 2.05) is 11.8 Å². The summed E-state index contributed by atoms with van der Waals surface area (Å²) in [4.78, 5) is 1.42. The van der Waals surface area contributed by atoms with E-state index in [-0.39, 0.29) is 0 Å². The van der Waals surface area contributed by atoms with E-state index in [2.05, 4.69) is 42.6 Å². The highest BCUT2D eigenvalue weighted by Crippen LogP contribution is 2.34. The monoisotopic (exact) mass is 291 g/mol. The van der Waals surface area contributed by atoms with Crippen molar-refractivity contribution >= 4 is 11.8 Å². The van der Waals surface area contributed by atoms with Gasteiger partial charge in [-0.3, -0.25) is 0 Å². The summed E-state index contributed by atoms with van der Waals surface area (Å²) in [5, 5.41) is 3.65. The average molecular weight is 292 g/mol. The Bertz CT molecular complexity index is 346. The van der Waals surface area contributed by atoms with E-state index in [0.717, 1.165) is 11.8 Å². The summed E-state index contributed by atoms with van der Waals surface area (Å²) in [6, 6.07) is 10.8. The summed E-state index contributed by atoms with van der Waals surface area (Å²) in [5.74, 6) is 3.13. The number of nitrogens with one attached hydrogen (secondary N) is 1. The number of benzene rings is 1. The summed E-state index contributed by atoms with van der Waals surface area (Å²) in [6.45, 7) is 4.66. The molecule has 0 bridgehead atoms. The van der Waals surface area contributed by atoms with Crippen LogP contribution in [0.4, 0.5) is 0 Å². The Morgan fingerprint density at radius 2 is 1.95 bits per heavy atom. The molecule has 0 saturated heterocycles. The van der Waals surface area contributed by atoms with E-state index in [1.165, 1.54) is 62.3 Å². The fourth-order valence-corrected chi connectivity index (χ4v) is 4.25. The van der Waals surface area contributed by atoms with Crippen molar-refractivity contribution in [1.82, 2.24) is 5.32 Å². The van der Waals surface area contributed by atoms with Crippen molar-refractivity contribution in [2.24, 2.45) is 11.8 Å². The second kappa shape index (κ2) is 9.46. The van der Waals surface area contributed by atoms with E-state index in [9.17, 15) is 0 Å². The predicted octanol–water partition coefficient (Wildman–Crippen LogP) is 4.97. The van der Waals surface area contributed by atoms with Gasteiger partial charge in [-0.15, -0.1) is 11.8 Å². The Morgan fingerprint density at radius 1 is 1.20 bits per heavy atom. The van der Waals surface area contributed by atoms with Crippen molar-refractivity contribution in [2.45, 2.75) is 50.3 Å². The topological polar surface area (TPSA) is 12.0 Å². The van der Waals surface area contributed by atoms with Crippen molar-refractivity contribution in [3.63, 3.8) is 0 Å². The van der Waals surface area contributed by atoms with Gasteiger partial charge in [0.25, 0.3) is 0 Å². The van der Waals surface area contributed by atoms with Crippen LogP contribution in [0.5, 0.6) is 0 Å². The van der Waals surface area contributed by atoms with Crippen molar-refractivity contribution < 1.29 is 0 Å². The minimum atomic E-state index is 0.889. The molecule has 0 aliphatic heterocycles. The van der Waals surface area contributed by atoms with Crippen LogP contribution >= 0.6 is 11.8 Å². The van der Waals surface area contributed by atoms with Crippen molar-refractivity contribution in [3.05, 3.63) is 30.3 Å². The fourth-order valence-electron chi connectivity index (χ4n) is 3.24. The predicted molar refractivity (Wildman–Crippen MR) is 90.4 cm³/mol. The van der Waals surface area contributed by atoms with Gasteiger partial charge >= 0.3 is 0 Å². The normalized spacial score (nSPS) is 17.4. The molecule has 1 unspecified atom stereocenters. The van der Waals surface area contributed by atoms with Crippen LogP contribution in [0.15, 0.2) is 35.2 Å². The van der Waals surface area contributed by atoms with Gasteiger partial charge in [0.1, 0.15) is 0 Å². The van der Waals surface area contributed by atoms with Crippen LogP contribution in [0, 0.1) is 11.8 Å². The largest absolute Gasteiger partial charge is 0.316 e. The lowest BCUT2D eigenvalue weighted by Crippen LogP contribution is -2.28. The van der Waals surface area contributed by atoms with Gasteiger partial charge in [-0.05, 0) is 55.7 Å². The maximum absolute atomic E-state index is 3.65. The van der Waals surface area contributed by atoms with Crippen LogP contribution in [0.3, 0.4) is 0 Å². The Labute approximate surface area is 128 Å². The van der Waals surface area contributed by atoms with Gasteiger partial charge in [0.05, 0.1) is 0 Å². The zero-order valence-electron chi connectivity index (χ0n) is 12.8. The molecule has 1 aliphatic rings. The number of rotatable bonds is 9. The first-order valence-corrected chi connectivity index (χ1v) is 9.27. The first-order chi connectivity index (χ1) is 9.90. The number of thioether (sulfide) groups is 1. The lowest BCUT2D eigenvalue weighted by Gasteiger charge is -2.23. The SMILES string of the molecule is CCCNCC(CCSc1ccccc1)C1CCCC1. The summed E-state index contributed by atoms with van der Waals surface area (Å²) in [5.41, 5.74) is 0. The quantitative estimate of drug-likeness (QED) is 0.509. The number of hydrogen-bond donors (Lipinski definition) is 1. The molecule has 0 heterocycles. The molecule has 1 nitrogen and oxygen atoms in total. The molecule has 0 amide bonds. The van der Waals surface area contributed by atoms with Crippen molar-refractivity contribution in [2.75, 3.05) is 18.8 Å². The van der Waals surface area contributed by atoms with E-state index in [0.29, 0.717) is 0 Å². The second-order valence-electron chi connectivity index (χ2n) is 5.96. The van der Waals surface area contributed by atoms with Crippen molar-refractivity contribution in [1.29, 1.82) is 0 Å². The molecule has 20 heavy (non-hydrogen) atoms. The molecular weight excluding hydrogens is 262 g/mol. The third kappa shape index (κ3) is 5.49. The molecule has 1 N–H and O–H groups in total. The van der Waals surface area contributed by atoms with E-state index >= 15 is 0 Å². The molecule has 2 heteroatoms. The molecule has 1 saturated carbocycles. The Hall–Kier alpha value is -0.470. The lowest BCUT2D eigenvalue weighted by atomic mass is 9.88. The number of hydrogen-bond acceptors (Lipinski definition) is 2. The first kappa shape index (κ1) is 15.9. The van der Waals surface area contributed by atoms with Crippen LogP contribution in [-0.4, -0.2) is 18.8 Å². The molecule has 2 rings (SSSR count). The van der Waals surface area contributed by atoms with Gasteiger partial charge < -0.3 is 5.32 Å². The molecule has 1 fully saturated rings. The van der Waals surface area contributed by atoms with E-state index < -0.39 is 0 Å². The standard InChI is InChI=1S/C18H29NS/c1-2-13-19-15-17(16-8-6-7-9-16)12-14-20-18-10-4-3-5-11-18/h3-5,10-11,16-17,19H,2,6-9,12-15H2,1H3. The van der Waals surface area contributed by atoms with Crippen molar-refractivity contribution in [3.8, 4) is 0 Å². The van der Waals surface area contributed by atoms with Gasteiger partial charge in [-0.1, -0.05) is 50.8 Å². The Balaban J connectivity index is 1.74. The fraction of sp³-hybridized carbons (Fsp3) is 0.667. The molecule has 0 aromatic heterocycles. The smallest absolute Gasteiger partial charge is 0.00719 e. The molecule has 112 valence electrons. The van der Waals surface area contributed by atoms with E-state index in [4.69, 9.17) is 0 Å². The van der Waals surface area contributed by atoms with E-state index in [1.54, 1.807) is 0 Å². The highest BCUT2D eigenvalue weighted by molar-refractivity contribution is 7.99. The van der Waals surface area contributed by atoms with Crippen LogP contribution < -0.4 is 5.32 Å². The van der Waals surface area contributed by atoms with Crippen LogP contribution in [0.2, 0.25) is 0 Å². The van der Waals surface area contributed by atoms with Gasteiger partial charge in [0.2, 0.25) is 0 Å². The highest BCUT2D eigenvalue weighted by atomic mass is 32.2. The molecular formula is C18H29NS. The third-order valence-electron chi connectivity index (χ3n) is 4.40. The van der Waals surface area contributed by atoms with Crippen LogP contribution in [0.25, 0.3) is 0 Å². The second-order valence-corrected chi connectivity index (χ2v) is 7.13. The average Bonchev–Trinajstić information content (AvgIpc) is 3.01. The van der Waals surface area contributed by atoms with Crippen LogP contribution in [-0.2, 0) is 0 Å². The minimum absolute atomic E-state index is 0.889. The molecule has 1 aliphatic carbocycles. The maximum atomic E-state index is 3.65. The zero-order chi connectivity index (χ0) is 14.0. The molecule has 0 spiro atoms. The Morgan fingerprint density at radius 3 is 2.65 bits per heavy atom. The zero-order valence-corrected chi connectivity index (χ0v) is 13.6. The first-order valence-electron chi connectivity index (χ1n) is 8.28. The summed E-state index contributed by atoms with van der Waals surface area (Å²) < 4.78 is 0. The summed E-state index contributed by atoms with van der Waals surface area (Å²) >= 11 is 2.02. The maximum Gasteiger partial charge on any atom is 0.00719 e. The van der Waals surface area contributed by atoms with Crippen LogP contribution in [0.1, 0.15) is 45.4 Å². The lowest BCUT2D eigenvalue weighted by molar-refractivity contribution is 0.316. The van der Waals surface area contributed by atoms with Gasteiger partial charge in [-0.25, -0.2) is 0 Å². The summed E-state index contributed by atoms with van der Waals surface area (Å²) in [7, 11) is 0. The Kier molecular flexibility index (Phi) is 7.53. The summed E-state index contributed by atoms with van der Waals surface area (Å²) in [6.07, 6.45) is 8.46. The molecule has 1 aromatic rings. The molecule has 1 aromatic carbocycles. The van der Waals surface area contributed by atoms with Gasteiger partial charge in [0, 0.05) is 4.90 Å². The van der Waals surface area contributed by atoms with Gasteiger partial charge in [0.15, 0.2) is 0 Å².